The summed E-state index contributed by atoms with van der Waals surface area (Å²) in [4.78, 5) is 11.4. The normalized spacial score (nSPS) is 11.7. The zero-order valence-corrected chi connectivity index (χ0v) is 19.7. The van der Waals surface area contributed by atoms with E-state index in [1.165, 1.54) is 37.4 Å². The third-order valence-corrected chi connectivity index (χ3v) is 5.97. The molecule has 8 heteroatoms. The Labute approximate surface area is 200 Å². The molecule has 0 aliphatic rings. The first-order valence-electron chi connectivity index (χ1n) is 10.8. The lowest BCUT2D eigenvalue weighted by molar-refractivity contribution is 0.0697. The SMILES string of the molecule is COCC(C)(C)c1c(-c2ccc(C(=O)O)cc2)c2cc(F)c(F)cc2n1-c1ccc(F)c(OC)c1. The van der Waals surface area contributed by atoms with Gasteiger partial charge in [0.25, 0.3) is 0 Å². The first kappa shape index (κ1) is 24.3. The number of hydrogen-bond acceptors (Lipinski definition) is 3. The van der Waals surface area contributed by atoms with Crippen LogP contribution in [0.1, 0.15) is 29.9 Å². The van der Waals surface area contributed by atoms with Crippen LogP contribution in [0.2, 0.25) is 0 Å². The molecule has 0 amide bonds. The fourth-order valence-electron chi connectivity index (χ4n) is 4.48. The predicted octanol–water partition coefficient (Wildman–Crippen LogP) is 6.35. The van der Waals surface area contributed by atoms with Gasteiger partial charge in [-0.15, -0.1) is 0 Å². The fraction of sp³-hybridized carbons (Fsp3) is 0.222. The second-order valence-corrected chi connectivity index (χ2v) is 8.86. The summed E-state index contributed by atoms with van der Waals surface area (Å²) in [6.07, 6.45) is 0. The Bertz CT molecular complexity index is 1430. The minimum atomic E-state index is -1.08. The lowest BCUT2D eigenvalue weighted by Gasteiger charge is -2.28. The van der Waals surface area contributed by atoms with Crippen LogP contribution in [0.15, 0.2) is 54.6 Å². The van der Waals surface area contributed by atoms with E-state index in [1.54, 1.807) is 23.8 Å². The number of carbonyl (C=O) groups is 1. The molecule has 1 N–H and O–H groups in total. The first-order chi connectivity index (χ1) is 16.6. The van der Waals surface area contributed by atoms with Crippen LogP contribution in [-0.2, 0) is 10.2 Å². The van der Waals surface area contributed by atoms with Crippen molar-refractivity contribution < 1.29 is 32.5 Å². The van der Waals surface area contributed by atoms with Crippen molar-refractivity contribution in [2.75, 3.05) is 20.8 Å². The van der Waals surface area contributed by atoms with Gasteiger partial charge in [0.15, 0.2) is 23.2 Å². The van der Waals surface area contributed by atoms with Crippen LogP contribution in [-0.4, -0.2) is 36.5 Å². The highest BCUT2D eigenvalue weighted by Crippen LogP contribution is 2.44. The van der Waals surface area contributed by atoms with E-state index in [0.29, 0.717) is 33.4 Å². The van der Waals surface area contributed by atoms with E-state index in [-0.39, 0.29) is 17.9 Å². The van der Waals surface area contributed by atoms with Gasteiger partial charge in [-0.1, -0.05) is 26.0 Å². The lowest BCUT2D eigenvalue weighted by atomic mass is 9.84. The van der Waals surface area contributed by atoms with E-state index in [9.17, 15) is 23.1 Å². The van der Waals surface area contributed by atoms with Crippen molar-refractivity contribution >= 4 is 16.9 Å². The third-order valence-electron chi connectivity index (χ3n) is 5.97. The number of nitrogens with zero attached hydrogens (tertiary/aromatic N) is 1. The van der Waals surface area contributed by atoms with Crippen molar-refractivity contribution in [3.05, 3.63) is 83.3 Å². The molecule has 0 radical (unpaired) electrons. The molecule has 0 unspecified atom stereocenters. The van der Waals surface area contributed by atoms with Gasteiger partial charge in [0.1, 0.15) is 0 Å². The molecule has 0 atom stereocenters. The van der Waals surface area contributed by atoms with Gasteiger partial charge >= 0.3 is 5.97 Å². The summed E-state index contributed by atoms with van der Waals surface area (Å²) in [7, 11) is 2.90. The number of halogens is 3. The highest BCUT2D eigenvalue weighted by atomic mass is 19.2. The Morgan fingerprint density at radius 1 is 0.943 bits per heavy atom. The molecule has 0 bridgehead atoms. The standard InChI is InChI=1S/C27H24F3NO4/c1-27(2,14-34-3)25-24(15-5-7-16(8-6-15)26(32)33)18-12-20(29)21(30)13-22(18)31(25)17-9-10-19(28)23(11-17)35-4/h5-13H,14H2,1-4H3,(H,32,33). The monoisotopic (exact) mass is 483 g/mol. The molecule has 0 fully saturated rings. The number of carboxylic acids is 1. The molecule has 0 saturated heterocycles. The van der Waals surface area contributed by atoms with Crippen LogP contribution < -0.4 is 4.74 Å². The van der Waals surface area contributed by atoms with Crippen LogP contribution in [0, 0.1) is 17.5 Å². The molecular weight excluding hydrogens is 459 g/mol. The number of carboxylic acid groups (broad SMARTS) is 1. The maximum atomic E-state index is 14.5. The van der Waals surface area contributed by atoms with E-state index in [0.717, 1.165) is 12.1 Å². The highest BCUT2D eigenvalue weighted by molar-refractivity contribution is 6.00. The number of methoxy groups -OCH3 is 2. The Morgan fingerprint density at radius 2 is 1.60 bits per heavy atom. The zero-order chi connectivity index (χ0) is 25.5. The summed E-state index contributed by atoms with van der Waals surface area (Å²) in [5, 5.41) is 9.72. The first-order valence-corrected chi connectivity index (χ1v) is 10.8. The van der Waals surface area contributed by atoms with Crippen molar-refractivity contribution in [1.82, 2.24) is 4.57 Å². The second-order valence-electron chi connectivity index (χ2n) is 8.86. The molecule has 0 spiro atoms. The van der Waals surface area contributed by atoms with Crippen molar-refractivity contribution in [3.8, 4) is 22.6 Å². The summed E-state index contributed by atoms with van der Waals surface area (Å²) in [6, 6.07) is 12.6. The third kappa shape index (κ3) is 4.25. The Kier molecular flexibility index (Phi) is 6.34. The van der Waals surface area contributed by atoms with Crippen LogP contribution in [0.25, 0.3) is 27.7 Å². The van der Waals surface area contributed by atoms with Gasteiger partial charge < -0.3 is 19.1 Å². The Morgan fingerprint density at radius 3 is 2.20 bits per heavy atom. The van der Waals surface area contributed by atoms with Gasteiger partial charge in [-0.25, -0.2) is 18.0 Å². The van der Waals surface area contributed by atoms with Gasteiger partial charge in [0, 0.05) is 47.0 Å². The second kappa shape index (κ2) is 9.11. The number of benzene rings is 3. The average Bonchev–Trinajstić information content (AvgIpc) is 3.14. The zero-order valence-electron chi connectivity index (χ0n) is 19.7. The molecule has 1 aromatic heterocycles. The minimum Gasteiger partial charge on any atom is -0.494 e. The van der Waals surface area contributed by atoms with Crippen molar-refractivity contribution in [3.63, 3.8) is 0 Å². The molecule has 0 aliphatic heterocycles. The molecule has 5 nitrogen and oxygen atoms in total. The van der Waals surface area contributed by atoms with Gasteiger partial charge in [0.2, 0.25) is 0 Å². The summed E-state index contributed by atoms with van der Waals surface area (Å²) in [5.41, 5.74) is 2.08. The van der Waals surface area contributed by atoms with Gasteiger partial charge in [-0.2, -0.15) is 0 Å². The van der Waals surface area contributed by atoms with Crippen LogP contribution >= 0.6 is 0 Å². The van der Waals surface area contributed by atoms with Crippen molar-refractivity contribution in [2.45, 2.75) is 19.3 Å². The summed E-state index contributed by atoms with van der Waals surface area (Å²) < 4.78 is 55.6. The summed E-state index contributed by atoms with van der Waals surface area (Å²) >= 11 is 0. The van der Waals surface area contributed by atoms with Crippen molar-refractivity contribution in [1.29, 1.82) is 0 Å². The van der Waals surface area contributed by atoms with E-state index < -0.39 is 28.8 Å². The summed E-state index contributed by atoms with van der Waals surface area (Å²) in [5.74, 6) is -3.70. The van der Waals surface area contributed by atoms with Gasteiger partial charge in [-0.05, 0) is 35.9 Å². The lowest BCUT2D eigenvalue weighted by Crippen LogP contribution is -2.27. The van der Waals surface area contributed by atoms with Gasteiger partial charge in [0.05, 0.1) is 24.8 Å². The summed E-state index contributed by atoms with van der Waals surface area (Å²) in [6.45, 7) is 4.10. The Balaban J connectivity index is 2.17. The van der Waals surface area contributed by atoms with E-state index in [2.05, 4.69) is 0 Å². The molecule has 0 saturated carbocycles. The number of aromatic carboxylic acids is 1. The van der Waals surface area contributed by atoms with Crippen LogP contribution in [0.4, 0.5) is 13.2 Å². The number of aromatic nitrogens is 1. The van der Waals surface area contributed by atoms with E-state index in [4.69, 9.17) is 9.47 Å². The average molecular weight is 483 g/mol. The minimum absolute atomic E-state index is 0.00482. The fourth-order valence-corrected chi connectivity index (χ4v) is 4.48. The van der Waals surface area contributed by atoms with Crippen molar-refractivity contribution in [2.24, 2.45) is 0 Å². The number of rotatable bonds is 7. The molecule has 35 heavy (non-hydrogen) atoms. The molecule has 4 aromatic rings. The topological polar surface area (TPSA) is 60.7 Å². The molecular formula is C27H24F3NO4. The molecule has 3 aromatic carbocycles. The van der Waals surface area contributed by atoms with Crippen LogP contribution in [0.3, 0.4) is 0 Å². The molecule has 4 rings (SSSR count). The number of ether oxygens (including phenoxy) is 2. The smallest absolute Gasteiger partial charge is 0.335 e. The molecule has 1 heterocycles. The van der Waals surface area contributed by atoms with Crippen LogP contribution in [0.5, 0.6) is 5.75 Å². The van der Waals surface area contributed by atoms with E-state index >= 15 is 0 Å². The van der Waals surface area contributed by atoms with E-state index in [1.807, 2.05) is 13.8 Å². The quantitative estimate of drug-likeness (QED) is 0.333. The van der Waals surface area contributed by atoms with Gasteiger partial charge in [-0.3, -0.25) is 0 Å². The predicted molar refractivity (Wildman–Crippen MR) is 127 cm³/mol. The maximum Gasteiger partial charge on any atom is 0.335 e. The largest absolute Gasteiger partial charge is 0.494 e. The number of fused-ring (bicyclic) bond motifs is 1. The molecule has 0 aliphatic carbocycles. The maximum absolute atomic E-state index is 14.5. The molecule has 182 valence electrons. The number of hydrogen-bond donors (Lipinski definition) is 1. The Hall–Kier alpha value is -3.78. The highest BCUT2D eigenvalue weighted by Gasteiger charge is 2.33.